The van der Waals surface area contributed by atoms with Crippen molar-refractivity contribution in [3.05, 3.63) is 16.0 Å². The summed E-state index contributed by atoms with van der Waals surface area (Å²) in [5.74, 6) is -0.419. The van der Waals surface area contributed by atoms with Crippen molar-refractivity contribution < 1.29 is 14.5 Å². The van der Waals surface area contributed by atoms with Crippen LogP contribution in [-0.4, -0.2) is 31.4 Å². The van der Waals surface area contributed by atoms with Crippen LogP contribution < -0.4 is 16.0 Å². The number of nitrogens with one attached hydrogen (secondary N) is 2. The van der Waals surface area contributed by atoms with Gasteiger partial charge < -0.3 is 16.0 Å². The van der Waals surface area contributed by atoms with E-state index in [0.717, 1.165) is 44.3 Å². The molecule has 3 rings (SSSR count). The highest BCUT2D eigenvalue weighted by atomic mass is 32.1. The maximum atomic E-state index is 12.3. The van der Waals surface area contributed by atoms with Crippen LogP contribution >= 0.6 is 11.3 Å². The lowest BCUT2D eigenvalue weighted by molar-refractivity contribution is -0.896. The molecule has 0 saturated carbocycles. The molecular formula is C16H24N3O2S+. The van der Waals surface area contributed by atoms with E-state index in [1.807, 2.05) is 0 Å². The van der Waals surface area contributed by atoms with Gasteiger partial charge in [-0.15, -0.1) is 11.3 Å². The zero-order valence-electron chi connectivity index (χ0n) is 12.9. The van der Waals surface area contributed by atoms with E-state index in [2.05, 4.69) is 5.32 Å². The molecule has 0 unspecified atom stereocenters. The Hall–Kier alpha value is -1.40. The highest BCUT2D eigenvalue weighted by molar-refractivity contribution is 7.17. The van der Waals surface area contributed by atoms with E-state index in [1.165, 1.54) is 40.4 Å². The number of quaternary nitrogens is 1. The second kappa shape index (κ2) is 6.79. The average molecular weight is 322 g/mol. The maximum Gasteiger partial charge on any atom is 0.280 e. The van der Waals surface area contributed by atoms with Crippen LogP contribution in [0.5, 0.6) is 0 Å². The summed E-state index contributed by atoms with van der Waals surface area (Å²) in [5, 5.41) is 3.62. The highest BCUT2D eigenvalue weighted by Crippen LogP contribution is 2.37. The van der Waals surface area contributed by atoms with Crippen molar-refractivity contribution in [3.63, 3.8) is 0 Å². The van der Waals surface area contributed by atoms with Crippen molar-refractivity contribution in [2.75, 3.05) is 25.0 Å². The Morgan fingerprint density at radius 2 is 1.82 bits per heavy atom. The number of piperidine rings is 1. The summed E-state index contributed by atoms with van der Waals surface area (Å²) in [7, 11) is 0. The van der Waals surface area contributed by atoms with E-state index in [4.69, 9.17) is 5.73 Å². The molecule has 1 aromatic rings. The Morgan fingerprint density at radius 1 is 1.09 bits per heavy atom. The number of aryl methyl sites for hydroxylation is 1. The zero-order valence-corrected chi connectivity index (χ0v) is 13.7. The van der Waals surface area contributed by atoms with Crippen LogP contribution in [0.2, 0.25) is 0 Å². The van der Waals surface area contributed by atoms with E-state index in [0.29, 0.717) is 17.1 Å². The number of thiophene rings is 1. The molecule has 5 nitrogen and oxygen atoms in total. The maximum absolute atomic E-state index is 12.3. The molecule has 1 aliphatic heterocycles. The minimum Gasteiger partial charge on any atom is -0.365 e. The van der Waals surface area contributed by atoms with Gasteiger partial charge in [0.05, 0.1) is 18.7 Å². The molecule has 1 aromatic heterocycles. The minimum absolute atomic E-state index is 0.00185. The van der Waals surface area contributed by atoms with Gasteiger partial charge in [-0.2, -0.15) is 0 Å². The molecule has 2 heterocycles. The van der Waals surface area contributed by atoms with Gasteiger partial charge in [-0.1, -0.05) is 0 Å². The van der Waals surface area contributed by atoms with E-state index >= 15 is 0 Å². The molecule has 1 aliphatic carbocycles. The fourth-order valence-electron chi connectivity index (χ4n) is 3.54. The predicted molar refractivity (Wildman–Crippen MR) is 87.5 cm³/mol. The molecule has 4 N–H and O–H groups in total. The van der Waals surface area contributed by atoms with Gasteiger partial charge in [0.15, 0.2) is 6.54 Å². The molecule has 2 amide bonds. The van der Waals surface area contributed by atoms with Crippen LogP contribution in [0, 0.1) is 0 Å². The van der Waals surface area contributed by atoms with Gasteiger partial charge in [0.1, 0.15) is 5.00 Å². The first kappa shape index (κ1) is 15.5. The van der Waals surface area contributed by atoms with Crippen LogP contribution in [0.4, 0.5) is 5.00 Å². The van der Waals surface area contributed by atoms with Crippen molar-refractivity contribution in [2.45, 2.75) is 44.9 Å². The first-order chi connectivity index (χ1) is 10.6. The Bertz CT molecular complexity index is 576. The van der Waals surface area contributed by atoms with Gasteiger partial charge in [0, 0.05) is 4.88 Å². The predicted octanol–water partition coefficient (Wildman–Crippen LogP) is 0.733. The largest absolute Gasteiger partial charge is 0.365 e. The number of hydrogen-bond donors (Lipinski definition) is 3. The fraction of sp³-hybridized carbons (Fsp3) is 0.625. The Kier molecular flexibility index (Phi) is 4.78. The number of hydrogen-bond acceptors (Lipinski definition) is 3. The molecule has 0 atom stereocenters. The summed E-state index contributed by atoms with van der Waals surface area (Å²) in [6.45, 7) is 2.62. The number of amides is 2. The lowest BCUT2D eigenvalue weighted by Gasteiger charge is -2.22. The van der Waals surface area contributed by atoms with E-state index in [-0.39, 0.29) is 5.91 Å². The quantitative estimate of drug-likeness (QED) is 0.764. The highest BCUT2D eigenvalue weighted by Gasteiger charge is 2.26. The number of primary amides is 1. The number of anilines is 1. The molecule has 0 aromatic carbocycles. The third-order valence-corrected chi connectivity index (χ3v) is 5.85. The first-order valence-electron chi connectivity index (χ1n) is 8.23. The van der Waals surface area contributed by atoms with Gasteiger partial charge in [0.2, 0.25) is 0 Å². The number of likely N-dealkylation sites (tertiary alicyclic amines) is 1. The summed E-state index contributed by atoms with van der Waals surface area (Å²) in [5.41, 5.74) is 7.18. The third kappa shape index (κ3) is 3.33. The second-order valence-corrected chi connectivity index (χ2v) is 7.42. The van der Waals surface area contributed by atoms with Crippen LogP contribution in [0.1, 0.15) is 52.9 Å². The second-order valence-electron chi connectivity index (χ2n) is 6.31. The Labute approximate surface area is 134 Å². The normalized spacial score (nSPS) is 18.7. The SMILES string of the molecule is NC(=O)c1c(NC(=O)C[NH+]2CCCCC2)sc2c1CCCC2. The van der Waals surface area contributed by atoms with E-state index in [9.17, 15) is 9.59 Å². The molecule has 1 fully saturated rings. The minimum atomic E-state index is -0.417. The van der Waals surface area contributed by atoms with Crippen LogP contribution in [0.15, 0.2) is 0 Å². The zero-order chi connectivity index (χ0) is 15.5. The molecule has 6 heteroatoms. The van der Waals surface area contributed by atoms with E-state index < -0.39 is 5.91 Å². The summed E-state index contributed by atoms with van der Waals surface area (Å²) < 4.78 is 0. The molecule has 2 aliphatic rings. The van der Waals surface area contributed by atoms with Gasteiger partial charge in [0.25, 0.3) is 11.8 Å². The van der Waals surface area contributed by atoms with Crippen LogP contribution in [0.25, 0.3) is 0 Å². The van der Waals surface area contributed by atoms with Gasteiger partial charge in [-0.25, -0.2) is 0 Å². The number of carbonyl (C=O) groups excluding carboxylic acids is 2. The van der Waals surface area contributed by atoms with Gasteiger partial charge in [-0.05, 0) is 50.5 Å². The number of rotatable bonds is 4. The number of nitrogens with two attached hydrogens (primary N) is 1. The topological polar surface area (TPSA) is 76.6 Å². The molecule has 0 radical (unpaired) electrons. The van der Waals surface area contributed by atoms with Crippen LogP contribution in [0.3, 0.4) is 0 Å². The third-order valence-electron chi connectivity index (χ3n) is 4.64. The first-order valence-corrected chi connectivity index (χ1v) is 9.04. The van der Waals surface area contributed by atoms with E-state index in [1.54, 1.807) is 0 Å². The molecule has 1 saturated heterocycles. The lowest BCUT2D eigenvalue weighted by Crippen LogP contribution is -3.13. The smallest absolute Gasteiger partial charge is 0.280 e. The van der Waals surface area contributed by atoms with Crippen LogP contribution in [-0.2, 0) is 17.6 Å². The monoisotopic (exact) mass is 322 g/mol. The summed E-state index contributed by atoms with van der Waals surface area (Å²) in [4.78, 5) is 26.7. The Morgan fingerprint density at radius 3 is 2.55 bits per heavy atom. The molecule has 22 heavy (non-hydrogen) atoms. The summed E-state index contributed by atoms with van der Waals surface area (Å²) in [6, 6.07) is 0. The van der Waals surface area contributed by atoms with Crippen molar-refractivity contribution in [1.29, 1.82) is 0 Å². The van der Waals surface area contributed by atoms with Gasteiger partial charge in [-0.3, -0.25) is 9.59 Å². The van der Waals surface area contributed by atoms with Crippen molar-refractivity contribution in [1.82, 2.24) is 0 Å². The standard InChI is InChI=1S/C16H23N3O2S/c17-15(21)14-11-6-2-3-7-12(11)22-16(14)18-13(20)10-19-8-4-1-5-9-19/h1-10H2,(H2,17,21)(H,18,20)/p+1. The molecular weight excluding hydrogens is 298 g/mol. The fourth-order valence-corrected chi connectivity index (χ4v) is 4.85. The van der Waals surface area contributed by atoms with Crippen molar-refractivity contribution in [3.8, 4) is 0 Å². The van der Waals surface area contributed by atoms with Crippen molar-refractivity contribution in [2.24, 2.45) is 5.73 Å². The molecule has 0 spiro atoms. The summed E-state index contributed by atoms with van der Waals surface area (Å²) >= 11 is 1.54. The number of fused-ring (bicyclic) bond motifs is 1. The average Bonchev–Trinajstić information content (AvgIpc) is 2.85. The summed E-state index contributed by atoms with van der Waals surface area (Å²) in [6.07, 6.45) is 7.80. The Balaban J connectivity index is 1.72. The number of carbonyl (C=O) groups is 2. The lowest BCUT2D eigenvalue weighted by atomic mass is 9.95. The van der Waals surface area contributed by atoms with Gasteiger partial charge >= 0.3 is 0 Å². The molecule has 0 bridgehead atoms. The molecule has 120 valence electrons. The van der Waals surface area contributed by atoms with Crippen molar-refractivity contribution >= 4 is 28.2 Å².